The zero-order valence-corrected chi connectivity index (χ0v) is 14.5. The first kappa shape index (κ1) is 17.4. The van der Waals surface area contributed by atoms with Gasteiger partial charge in [-0.1, -0.05) is 42.5 Å². The summed E-state index contributed by atoms with van der Waals surface area (Å²) in [5.74, 6) is 2.26. The highest BCUT2D eigenvalue weighted by Gasteiger charge is 2.03. The molecule has 23 heavy (non-hydrogen) atoms. The lowest BCUT2D eigenvalue weighted by molar-refractivity contribution is -0.118. The number of carbonyl (C=O) groups excluding carboxylic acids is 1. The van der Waals surface area contributed by atoms with E-state index in [4.69, 9.17) is 4.74 Å². The number of amides is 1. The highest BCUT2D eigenvalue weighted by atomic mass is 32.2. The van der Waals surface area contributed by atoms with Crippen LogP contribution in [0.1, 0.15) is 16.7 Å². The average Bonchev–Trinajstić information content (AvgIpc) is 2.55. The van der Waals surface area contributed by atoms with Crippen LogP contribution in [0.2, 0.25) is 0 Å². The van der Waals surface area contributed by atoms with Gasteiger partial charge in [-0.2, -0.15) is 0 Å². The van der Waals surface area contributed by atoms with E-state index in [1.54, 1.807) is 11.8 Å². The lowest BCUT2D eigenvalue weighted by Gasteiger charge is -2.10. The summed E-state index contributed by atoms with van der Waals surface area (Å²) in [6.45, 7) is 5.07. The van der Waals surface area contributed by atoms with Crippen LogP contribution in [0.25, 0.3) is 0 Å². The second-order valence-electron chi connectivity index (χ2n) is 5.45. The number of rotatable bonds is 8. The van der Waals surface area contributed by atoms with Gasteiger partial charge in [-0.05, 0) is 36.6 Å². The Bertz CT molecular complexity index is 629. The fourth-order valence-electron chi connectivity index (χ4n) is 2.10. The lowest BCUT2D eigenvalue weighted by atomic mass is 10.1. The predicted octanol–water partition coefficient (Wildman–Crippen LogP) is 3.73. The van der Waals surface area contributed by atoms with Crippen LogP contribution in [0.4, 0.5) is 0 Å². The minimum absolute atomic E-state index is 0.0514. The van der Waals surface area contributed by atoms with Crippen molar-refractivity contribution >= 4 is 17.7 Å². The van der Waals surface area contributed by atoms with Crippen LogP contribution < -0.4 is 10.1 Å². The van der Waals surface area contributed by atoms with Crippen LogP contribution in [-0.4, -0.2) is 24.8 Å². The van der Waals surface area contributed by atoms with Crippen molar-refractivity contribution in [3.05, 3.63) is 65.2 Å². The van der Waals surface area contributed by atoms with Gasteiger partial charge in [0.15, 0.2) is 0 Å². The average molecular weight is 329 g/mol. The van der Waals surface area contributed by atoms with Crippen molar-refractivity contribution < 1.29 is 9.53 Å². The molecule has 0 fully saturated rings. The molecule has 0 bridgehead atoms. The zero-order valence-electron chi connectivity index (χ0n) is 13.7. The topological polar surface area (TPSA) is 38.3 Å². The summed E-state index contributed by atoms with van der Waals surface area (Å²) in [6, 6.07) is 16.3. The van der Waals surface area contributed by atoms with Crippen molar-refractivity contribution in [2.45, 2.75) is 19.6 Å². The van der Waals surface area contributed by atoms with E-state index < -0.39 is 0 Å². The molecule has 0 unspecified atom stereocenters. The highest BCUT2D eigenvalue weighted by Crippen LogP contribution is 2.18. The number of nitrogens with one attached hydrogen (secondary N) is 1. The van der Waals surface area contributed by atoms with Crippen molar-refractivity contribution in [1.29, 1.82) is 0 Å². The molecule has 0 atom stereocenters. The number of aryl methyl sites for hydroxylation is 2. The van der Waals surface area contributed by atoms with E-state index in [0.717, 1.165) is 17.1 Å². The maximum atomic E-state index is 11.8. The molecule has 1 amide bonds. The molecule has 0 spiro atoms. The Labute approximate surface area is 142 Å². The molecule has 2 aromatic rings. The third-order valence-corrected chi connectivity index (χ3v) is 4.37. The van der Waals surface area contributed by atoms with E-state index in [1.165, 1.54) is 11.1 Å². The largest absolute Gasteiger partial charge is 0.491 e. The smallest absolute Gasteiger partial charge is 0.230 e. The summed E-state index contributed by atoms with van der Waals surface area (Å²) in [5, 5.41) is 2.89. The molecule has 0 aliphatic carbocycles. The molecule has 0 radical (unpaired) electrons. The maximum absolute atomic E-state index is 11.8. The monoisotopic (exact) mass is 329 g/mol. The van der Waals surface area contributed by atoms with E-state index in [-0.39, 0.29) is 5.91 Å². The van der Waals surface area contributed by atoms with Gasteiger partial charge in [0.05, 0.1) is 12.3 Å². The molecule has 3 nitrogen and oxygen atoms in total. The lowest BCUT2D eigenvalue weighted by Crippen LogP contribution is -2.29. The van der Waals surface area contributed by atoms with Crippen LogP contribution in [-0.2, 0) is 10.5 Å². The predicted molar refractivity (Wildman–Crippen MR) is 97.0 cm³/mol. The second-order valence-corrected chi connectivity index (χ2v) is 6.43. The third-order valence-electron chi connectivity index (χ3n) is 3.37. The summed E-state index contributed by atoms with van der Waals surface area (Å²) in [4.78, 5) is 11.8. The maximum Gasteiger partial charge on any atom is 0.230 e. The minimum Gasteiger partial charge on any atom is -0.491 e. The van der Waals surface area contributed by atoms with E-state index in [1.807, 2.05) is 44.2 Å². The first-order valence-corrected chi connectivity index (χ1v) is 8.89. The number of benzene rings is 2. The molecule has 0 aromatic heterocycles. The Hall–Kier alpha value is -1.94. The Balaban J connectivity index is 1.60. The molecule has 2 rings (SSSR count). The standard InChI is InChI=1S/C19H23NO2S/c1-15-8-9-16(2)18(12-15)22-11-10-20-19(21)14-23-13-17-6-4-3-5-7-17/h3-9,12H,10-11,13-14H2,1-2H3,(H,20,21). The van der Waals surface area contributed by atoms with Crippen LogP contribution in [0.3, 0.4) is 0 Å². The van der Waals surface area contributed by atoms with Crippen molar-refractivity contribution in [2.24, 2.45) is 0 Å². The number of hydrogen-bond acceptors (Lipinski definition) is 3. The molecular formula is C19H23NO2S. The van der Waals surface area contributed by atoms with Crippen molar-refractivity contribution in [3.8, 4) is 5.75 Å². The van der Waals surface area contributed by atoms with Crippen molar-refractivity contribution in [2.75, 3.05) is 18.9 Å². The normalized spacial score (nSPS) is 10.3. The fraction of sp³-hybridized carbons (Fsp3) is 0.316. The molecule has 0 aliphatic rings. The van der Waals surface area contributed by atoms with Gasteiger partial charge in [0, 0.05) is 5.75 Å². The third kappa shape index (κ3) is 6.37. The Morgan fingerprint density at radius 2 is 1.91 bits per heavy atom. The van der Waals surface area contributed by atoms with Gasteiger partial charge >= 0.3 is 0 Å². The van der Waals surface area contributed by atoms with Gasteiger partial charge in [-0.3, -0.25) is 4.79 Å². The first-order valence-electron chi connectivity index (χ1n) is 7.73. The molecule has 122 valence electrons. The van der Waals surface area contributed by atoms with Crippen LogP contribution >= 0.6 is 11.8 Å². The molecular weight excluding hydrogens is 306 g/mol. The Kier molecular flexibility index (Phi) is 7.01. The van der Waals surface area contributed by atoms with Crippen molar-refractivity contribution in [3.63, 3.8) is 0 Å². The molecule has 0 heterocycles. The summed E-state index contributed by atoms with van der Waals surface area (Å²) < 4.78 is 5.72. The first-order chi connectivity index (χ1) is 11.1. The minimum atomic E-state index is 0.0514. The summed E-state index contributed by atoms with van der Waals surface area (Å²) in [7, 11) is 0. The quantitative estimate of drug-likeness (QED) is 0.750. The Morgan fingerprint density at radius 3 is 2.70 bits per heavy atom. The second kappa shape index (κ2) is 9.26. The van der Waals surface area contributed by atoms with Crippen molar-refractivity contribution in [1.82, 2.24) is 5.32 Å². The Morgan fingerprint density at radius 1 is 1.13 bits per heavy atom. The molecule has 2 aromatic carbocycles. The molecule has 4 heteroatoms. The van der Waals surface area contributed by atoms with E-state index in [0.29, 0.717) is 18.9 Å². The van der Waals surface area contributed by atoms with E-state index in [9.17, 15) is 4.79 Å². The number of thioether (sulfide) groups is 1. The van der Waals surface area contributed by atoms with Crippen LogP contribution in [0.5, 0.6) is 5.75 Å². The fourth-order valence-corrected chi connectivity index (χ4v) is 2.92. The number of hydrogen-bond donors (Lipinski definition) is 1. The molecule has 0 aliphatic heterocycles. The van der Waals surface area contributed by atoms with Gasteiger partial charge in [0.25, 0.3) is 0 Å². The van der Waals surface area contributed by atoms with Crippen LogP contribution in [0.15, 0.2) is 48.5 Å². The zero-order chi connectivity index (χ0) is 16.5. The number of ether oxygens (including phenoxy) is 1. The van der Waals surface area contributed by atoms with Gasteiger partial charge in [0.2, 0.25) is 5.91 Å². The van der Waals surface area contributed by atoms with Crippen LogP contribution in [0, 0.1) is 13.8 Å². The molecule has 0 saturated carbocycles. The van der Waals surface area contributed by atoms with Gasteiger partial charge in [0.1, 0.15) is 12.4 Å². The van der Waals surface area contributed by atoms with Gasteiger partial charge in [-0.25, -0.2) is 0 Å². The van der Waals surface area contributed by atoms with E-state index >= 15 is 0 Å². The highest BCUT2D eigenvalue weighted by molar-refractivity contribution is 7.99. The summed E-state index contributed by atoms with van der Waals surface area (Å²) in [5.41, 5.74) is 3.52. The van der Waals surface area contributed by atoms with E-state index in [2.05, 4.69) is 23.5 Å². The SMILES string of the molecule is Cc1ccc(C)c(OCCNC(=O)CSCc2ccccc2)c1. The number of carbonyl (C=O) groups is 1. The van der Waals surface area contributed by atoms with Gasteiger partial charge in [-0.15, -0.1) is 11.8 Å². The molecule has 1 N–H and O–H groups in total. The summed E-state index contributed by atoms with van der Waals surface area (Å²) >= 11 is 1.62. The summed E-state index contributed by atoms with van der Waals surface area (Å²) in [6.07, 6.45) is 0. The molecule has 0 saturated heterocycles. The van der Waals surface area contributed by atoms with Gasteiger partial charge < -0.3 is 10.1 Å².